The molecule has 1 atom stereocenters. The van der Waals surface area contributed by atoms with E-state index in [0.29, 0.717) is 12.2 Å². The summed E-state index contributed by atoms with van der Waals surface area (Å²) in [7, 11) is 0. The number of amides is 1. The van der Waals surface area contributed by atoms with Crippen LogP contribution in [0.15, 0.2) is 72.9 Å². The summed E-state index contributed by atoms with van der Waals surface area (Å²) in [5, 5.41) is 16.5. The van der Waals surface area contributed by atoms with Crippen molar-refractivity contribution in [1.29, 1.82) is 0 Å². The zero-order valence-electron chi connectivity index (χ0n) is 20.1. The fourth-order valence-electron chi connectivity index (χ4n) is 4.47. The fourth-order valence-corrected chi connectivity index (χ4v) is 4.60. The van der Waals surface area contributed by atoms with E-state index in [1.807, 2.05) is 18.2 Å². The Morgan fingerprint density at radius 3 is 2.49 bits per heavy atom. The number of hydrogen-bond donors (Lipinski definition) is 2. The van der Waals surface area contributed by atoms with Crippen molar-refractivity contribution in [3.05, 3.63) is 94.6 Å². The first-order chi connectivity index (χ1) is 18.2. The number of tetrazole rings is 1. The Kier molecular flexibility index (Phi) is 7.99. The molecular formula is C26H27ClN8O2. The van der Waals surface area contributed by atoms with Gasteiger partial charge in [-0.15, -0.1) is 5.10 Å². The highest BCUT2D eigenvalue weighted by molar-refractivity contribution is 6.30. The summed E-state index contributed by atoms with van der Waals surface area (Å²) < 4.78 is 5.90. The monoisotopic (exact) mass is 518 g/mol. The van der Waals surface area contributed by atoms with Crippen molar-refractivity contribution in [1.82, 2.24) is 35.4 Å². The van der Waals surface area contributed by atoms with Crippen LogP contribution in [0.25, 0.3) is 0 Å². The number of nitrogens with one attached hydrogen (secondary N) is 2. The second-order valence-electron chi connectivity index (χ2n) is 8.64. The van der Waals surface area contributed by atoms with Gasteiger partial charge in [-0.25, -0.2) is 4.98 Å². The first-order valence-electron chi connectivity index (χ1n) is 12.1. The molecule has 1 amide bonds. The van der Waals surface area contributed by atoms with Crippen molar-refractivity contribution >= 4 is 23.5 Å². The lowest BCUT2D eigenvalue weighted by molar-refractivity contribution is 0.0956. The number of piperazine rings is 1. The highest BCUT2D eigenvalue weighted by atomic mass is 35.5. The molecule has 190 valence electrons. The van der Waals surface area contributed by atoms with E-state index in [4.69, 9.17) is 16.3 Å². The van der Waals surface area contributed by atoms with Gasteiger partial charge in [0.05, 0.1) is 6.04 Å². The van der Waals surface area contributed by atoms with Crippen LogP contribution in [0.1, 0.15) is 27.5 Å². The average molecular weight is 519 g/mol. The Labute approximate surface area is 219 Å². The molecule has 0 spiro atoms. The number of rotatable bonds is 9. The van der Waals surface area contributed by atoms with Crippen molar-refractivity contribution in [3.8, 4) is 5.88 Å². The molecule has 5 rings (SSSR count). The van der Waals surface area contributed by atoms with E-state index in [1.165, 1.54) is 11.1 Å². The summed E-state index contributed by atoms with van der Waals surface area (Å²) in [6.07, 6.45) is 1.60. The minimum absolute atomic E-state index is 0.0880. The lowest BCUT2D eigenvalue weighted by atomic mass is 9.96. The molecule has 2 aromatic carbocycles. The number of carbonyl (C=O) groups excluding carboxylic acids is 1. The molecule has 11 heteroatoms. The van der Waals surface area contributed by atoms with Gasteiger partial charge < -0.3 is 4.74 Å². The van der Waals surface area contributed by atoms with Crippen LogP contribution in [0, 0.1) is 0 Å². The number of aromatic nitrogens is 5. The molecule has 1 aliphatic heterocycles. The summed E-state index contributed by atoms with van der Waals surface area (Å²) in [5.74, 6) is -0.0497. The quantitative estimate of drug-likeness (QED) is 0.347. The number of pyridine rings is 1. The van der Waals surface area contributed by atoms with Gasteiger partial charge in [-0.1, -0.05) is 59.2 Å². The zero-order valence-corrected chi connectivity index (χ0v) is 20.9. The lowest BCUT2D eigenvalue weighted by Crippen LogP contribution is -2.48. The van der Waals surface area contributed by atoms with E-state index in [9.17, 15) is 4.79 Å². The summed E-state index contributed by atoms with van der Waals surface area (Å²) >= 11 is 6.15. The summed E-state index contributed by atoms with van der Waals surface area (Å²) in [5.41, 5.74) is 2.81. The summed E-state index contributed by atoms with van der Waals surface area (Å²) in [6.45, 7) is 4.81. The standard InChI is InChI=1S/C26H27ClN8O2/c27-21-10-8-20(9-11-21)23(19-5-2-1-3-6-19)35-15-13-34(14-16-35)17-18-37-25-22(7-4-12-28-25)24(36)29-26-30-32-33-31-26/h1-12,23H,13-18H2,(H2,29,30,31,32,33,36). The van der Waals surface area contributed by atoms with Crippen LogP contribution in [-0.2, 0) is 0 Å². The Hall–Kier alpha value is -3.86. The normalized spacial score (nSPS) is 15.3. The number of benzene rings is 2. The van der Waals surface area contributed by atoms with Crippen LogP contribution in [0.3, 0.4) is 0 Å². The molecule has 1 aliphatic rings. The molecule has 4 aromatic rings. The molecule has 0 radical (unpaired) electrons. The number of aromatic amines is 1. The predicted molar refractivity (Wildman–Crippen MR) is 140 cm³/mol. The minimum atomic E-state index is -0.410. The number of ether oxygens (including phenoxy) is 1. The molecule has 37 heavy (non-hydrogen) atoms. The number of hydrogen-bond acceptors (Lipinski definition) is 8. The second-order valence-corrected chi connectivity index (χ2v) is 9.07. The molecule has 1 fully saturated rings. The van der Waals surface area contributed by atoms with Gasteiger partial charge in [0.25, 0.3) is 11.9 Å². The molecular weight excluding hydrogens is 492 g/mol. The average Bonchev–Trinajstić information content (AvgIpc) is 3.45. The van der Waals surface area contributed by atoms with Crippen LogP contribution in [0.5, 0.6) is 5.88 Å². The Morgan fingerprint density at radius 1 is 1.00 bits per heavy atom. The SMILES string of the molecule is O=C(Nc1nn[nH]n1)c1cccnc1OCCN1CCN(C(c2ccccc2)c2ccc(Cl)cc2)CC1. The third kappa shape index (κ3) is 6.29. The molecule has 3 heterocycles. The number of H-pyrrole nitrogens is 1. The van der Waals surface area contributed by atoms with Crippen LogP contribution >= 0.6 is 11.6 Å². The van der Waals surface area contributed by atoms with Crippen molar-refractivity contribution in [3.63, 3.8) is 0 Å². The van der Waals surface area contributed by atoms with Gasteiger partial charge in [0.1, 0.15) is 12.2 Å². The fraction of sp³-hybridized carbons (Fsp3) is 0.269. The topological polar surface area (TPSA) is 112 Å². The largest absolute Gasteiger partial charge is 0.476 e. The van der Waals surface area contributed by atoms with Gasteiger partial charge in [-0.05, 0) is 40.6 Å². The van der Waals surface area contributed by atoms with E-state index in [2.05, 4.69) is 77.1 Å². The van der Waals surface area contributed by atoms with Crippen LogP contribution in [0.4, 0.5) is 5.95 Å². The van der Waals surface area contributed by atoms with E-state index in [-0.39, 0.29) is 17.9 Å². The van der Waals surface area contributed by atoms with Gasteiger partial charge in [0.2, 0.25) is 5.88 Å². The first-order valence-corrected chi connectivity index (χ1v) is 12.4. The van der Waals surface area contributed by atoms with E-state index in [0.717, 1.165) is 37.7 Å². The van der Waals surface area contributed by atoms with Crippen LogP contribution in [0.2, 0.25) is 5.02 Å². The molecule has 2 aromatic heterocycles. The first kappa shape index (κ1) is 24.8. The van der Waals surface area contributed by atoms with Crippen LogP contribution in [-0.4, -0.2) is 80.6 Å². The van der Waals surface area contributed by atoms with Gasteiger partial charge in [-0.3, -0.25) is 19.9 Å². The van der Waals surface area contributed by atoms with Gasteiger partial charge in [0, 0.05) is 43.9 Å². The lowest BCUT2D eigenvalue weighted by Gasteiger charge is -2.39. The molecule has 0 aliphatic carbocycles. The highest BCUT2D eigenvalue weighted by Gasteiger charge is 2.26. The third-order valence-corrected chi connectivity index (χ3v) is 6.56. The highest BCUT2D eigenvalue weighted by Crippen LogP contribution is 2.30. The van der Waals surface area contributed by atoms with Gasteiger partial charge >= 0.3 is 0 Å². The van der Waals surface area contributed by atoms with Crippen molar-refractivity contribution < 1.29 is 9.53 Å². The predicted octanol–water partition coefficient (Wildman–Crippen LogP) is 3.29. The van der Waals surface area contributed by atoms with Crippen LogP contribution < -0.4 is 10.1 Å². The Bertz CT molecular complexity index is 1280. The maximum atomic E-state index is 12.6. The van der Waals surface area contributed by atoms with Crippen molar-refractivity contribution in [2.75, 3.05) is 44.6 Å². The van der Waals surface area contributed by atoms with Gasteiger partial charge in [0.15, 0.2) is 0 Å². The number of anilines is 1. The smallest absolute Gasteiger partial charge is 0.270 e. The number of nitrogens with zero attached hydrogens (tertiary/aromatic N) is 6. The van der Waals surface area contributed by atoms with E-state index < -0.39 is 5.91 Å². The molecule has 2 N–H and O–H groups in total. The maximum absolute atomic E-state index is 12.6. The molecule has 10 nitrogen and oxygen atoms in total. The number of halogens is 1. The van der Waals surface area contributed by atoms with Crippen molar-refractivity contribution in [2.24, 2.45) is 0 Å². The van der Waals surface area contributed by atoms with Gasteiger partial charge in [-0.2, -0.15) is 5.21 Å². The summed E-state index contributed by atoms with van der Waals surface area (Å²) in [4.78, 5) is 21.7. The number of carbonyl (C=O) groups is 1. The summed E-state index contributed by atoms with van der Waals surface area (Å²) in [6, 6.07) is 22.2. The van der Waals surface area contributed by atoms with E-state index >= 15 is 0 Å². The second kappa shape index (κ2) is 11.9. The minimum Gasteiger partial charge on any atom is -0.476 e. The molecule has 1 saturated heterocycles. The Balaban J connectivity index is 1.17. The molecule has 1 unspecified atom stereocenters. The maximum Gasteiger partial charge on any atom is 0.270 e. The Morgan fingerprint density at radius 2 is 1.76 bits per heavy atom. The molecule has 0 saturated carbocycles. The third-order valence-electron chi connectivity index (χ3n) is 6.31. The van der Waals surface area contributed by atoms with E-state index in [1.54, 1.807) is 18.3 Å². The zero-order chi connectivity index (χ0) is 25.5. The molecule has 0 bridgehead atoms. The van der Waals surface area contributed by atoms with Crippen molar-refractivity contribution in [2.45, 2.75) is 6.04 Å².